The largest absolute Gasteiger partial charge is 0.0820 e. The third-order valence-corrected chi connectivity index (χ3v) is 9.08. The van der Waals surface area contributed by atoms with E-state index in [-0.39, 0.29) is 0 Å². The minimum atomic E-state index is 1.01. The average molecular weight is 444 g/mol. The maximum atomic E-state index is 2.83. The smallest absolute Gasteiger partial charge is 0.0172 e. The molecule has 0 heterocycles. The van der Waals surface area contributed by atoms with E-state index in [0.717, 1.165) is 31.5 Å². The lowest BCUT2D eigenvalue weighted by molar-refractivity contribution is 0.0794. The number of rotatable bonds is 0. The van der Waals surface area contributed by atoms with Crippen molar-refractivity contribution in [1.29, 1.82) is 0 Å². The second kappa shape index (κ2) is 5.22. The second-order valence-electron chi connectivity index (χ2n) is 6.11. The molecule has 0 saturated heterocycles. The highest BCUT2D eigenvalue weighted by Crippen LogP contribution is 2.55. The summed E-state index contributed by atoms with van der Waals surface area (Å²) in [6.45, 7) is 0. The first-order valence-corrected chi connectivity index (χ1v) is 9.56. The number of hydrogen-bond acceptors (Lipinski definition) is 0. The van der Waals surface area contributed by atoms with Gasteiger partial charge in [0.25, 0.3) is 0 Å². The zero-order chi connectivity index (χ0) is 11.1. The lowest BCUT2D eigenvalue weighted by atomic mass is 9.60. The Bertz CT molecular complexity index is 203. The molecule has 0 amide bonds. The molecule has 0 aromatic rings. The first-order chi connectivity index (χ1) is 7.79. The first-order valence-electron chi connectivity index (χ1n) is 7.07. The summed E-state index contributed by atoms with van der Waals surface area (Å²) in [7, 11) is 0. The van der Waals surface area contributed by atoms with Gasteiger partial charge in [-0.15, -0.1) is 0 Å². The SMILES string of the molecule is IC1C2CCCCC2C(I)C2CCCCC12. The molecule has 3 aliphatic carbocycles. The zero-order valence-corrected chi connectivity index (χ0v) is 14.2. The molecule has 0 bridgehead atoms. The number of alkyl halides is 2. The van der Waals surface area contributed by atoms with Crippen molar-refractivity contribution < 1.29 is 0 Å². The summed E-state index contributed by atoms with van der Waals surface area (Å²) in [6.07, 6.45) is 12.2. The maximum absolute atomic E-state index is 2.83. The van der Waals surface area contributed by atoms with Gasteiger partial charge in [-0.3, -0.25) is 0 Å². The van der Waals surface area contributed by atoms with Crippen molar-refractivity contribution in [3.8, 4) is 0 Å². The van der Waals surface area contributed by atoms with Gasteiger partial charge in [0, 0.05) is 7.85 Å². The van der Waals surface area contributed by atoms with E-state index in [1.807, 2.05) is 0 Å². The van der Waals surface area contributed by atoms with Gasteiger partial charge >= 0.3 is 0 Å². The fraction of sp³-hybridized carbons (Fsp3) is 1.00. The molecule has 4 unspecified atom stereocenters. The molecule has 0 N–H and O–H groups in total. The van der Waals surface area contributed by atoms with Crippen LogP contribution in [-0.2, 0) is 0 Å². The van der Waals surface area contributed by atoms with Crippen LogP contribution in [-0.4, -0.2) is 7.85 Å². The Morgan fingerprint density at radius 3 is 1.00 bits per heavy atom. The van der Waals surface area contributed by atoms with Crippen LogP contribution in [0.15, 0.2) is 0 Å². The van der Waals surface area contributed by atoms with Crippen LogP contribution in [0.5, 0.6) is 0 Å². The van der Waals surface area contributed by atoms with Gasteiger partial charge in [0.1, 0.15) is 0 Å². The van der Waals surface area contributed by atoms with Gasteiger partial charge in [0.05, 0.1) is 0 Å². The van der Waals surface area contributed by atoms with Crippen LogP contribution in [0.3, 0.4) is 0 Å². The summed E-state index contributed by atoms with van der Waals surface area (Å²) >= 11 is 5.66. The van der Waals surface area contributed by atoms with E-state index < -0.39 is 0 Å². The standard InChI is InChI=1S/C14H22I2/c15-13-9-5-1-2-6-10(9)14(16)12-8-4-3-7-11(12)13/h9-14H,1-8H2. The van der Waals surface area contributed by atoms with Crippen LogP contribution in [0.4, 0.5) is 0 Å². The predicted octanol–water partition coefficient (Wildman–Crippen LogP) is 5.22. The molecule has 0 spiro atoms. The third-order valence-electron chi connectivity index (χ3n) is 5.39. The molecular formula is C14H22I2. The molecule has 0 aliphatic heterocycles. The Kier molecular flexibility index (Phi) is 4.07. The summed E-state index contributed by atoms with van der Waals surface area (Å²) in [6, 6.07) is 0. The van der Waals surface area contributed by atoms with Crippen molar-refractivity contribution in [2.45, 2.75) is 59.2 Å². The van der Waals surface area contributed by atoms with Crippen molar-refractivity contribution >= 4 is 45.2 Å². The fourth-order valence-corrected chi connectivity index (χ4v) is 8.16. The molecule has 3 fully saturated rings. The molecule has 16 heavy (non-hydrogen) atoms. The summed E-state index contributed by atoms with van der Waals surface area (Å²) < 4.78 is 2.03. The topological polar surface area (TPSA) is 0 Å². The van der Waals surface area contributed by atoms with Crippen molar-refractivity contribution in [3.63, 3.8) is 0 Å². The Balaban J connectivity index is 1.83. The summed E-state index contributed by atoms with van der Waals surface area (Å²) in [4.78, 5) is 0. The van der Waals surface area contributed by atoms with E-state index in [1.165, 1.54) is 25.7 Å². The van der Waals surface area contributed by atoms with Crippen molar-refractivity contribution in [1.82, 2.24) is 0 Å². The van der Waals surface area contributed by atoms with Crippen LogP contribution >= 0.6 is 45.2 Å². The lowest BCUT2D eigenvalue weighted by Crippen LogP contribution is -2.49. The van der Waals surface area contributed by atoms with E-state index >= 15 is 0 Å². The molecule has 4 atom stereocenters. The summed E-state index contributed by atoms with van der Waals surface area (Å²) in [5.41, 5.74) is 0. The second-order valence-corrected chi connectivity index (χ2v) is 8.99. The van der Waals surface area contributed by atoms with Gasteiger partial charge in [-0.2, -0.15) is 0 Å². The Morgan fingerprint density at radius 1 is 0.500 bits per heavy atom. The molecule has 0 radical (unpaired) electrons. The van der Waals surface area contributed by atoms with Gasteiger partial charge < -0.3 is 0 Å². The predicted molar refractivity (Wildman–Crippen MR) is 86.5 cm³/mol. The molecule has 3 aliphatic rings. The quantitative estimate of drug-likeness (QED) is 0.355. The zero-order valence-electron chi connectivity index (χ0n) is 9.88. The molecule has 0 aromatic heterocycles. The molecule has 2 heteroatoms. The summed E-state index contributed by atoms with van der Waals surface area (Å²) in [5.74, 6) is 4.32. The molecular weight excluding hydrogens is 422 g/mol. The van der Waals surface area contributed by atoms with E-state index in [9.17, 15) is 0 Å². The molecule has 92 valence electrons. The highest BCUT2D eigenvalue weighted by atomic mass is 127. The van der Waals surface area contributed by atoms with E-state index in [0.29, 0.717) is 0 Å². The van der Waals surface area contributed by atoms with Gasteiger partial charge in [-0.25, -0.2) is 0 Å². The van der Waals surface area contributed by atoms with E-state index in [2.05, 4.69) is 45.2 Å². The van der Waals surface area contributed by atoms with E-state index in [1.54, 1.807) is 25.7 Å². The van der Waals surface area contributed by atoms with Crippen LogP contribution in [0.2, 0.25) is 0 Å². The molecule has 3 rings (SSSR count). The molecule has 0 aromatic carbocycles. The Labute approximate surface area is 127 Å². The van der Waals surface area contributed by atoms with Crippen LogP contribution in [0, 0.1) is 23.7 Å². The summed E-state index contributed by atoms with van der Waals surface area (Å²) in [5, 5.41) is 0. The minimum absolute atomic E-state index is 1.01. The van der Waals surface area contributed by atoms with Crippen LogP contribution < -0.4 is 0 Å². The van der Waals surface area contributed by atoms with Crippen LogP contribution in [0.1, 0.15) is 51.4 Å². The Morgan fingerprint density at radius 2 is 0.750 bits per heavy atom. The number of fused-ring (bicyclic) bond motifs is 2. The van der Waals surface area contributed by atoms with Gasteiger partial charge in [0.15, 0.2) is 0 Å². The maximum Gasteiger partial charge on any atom is 0.0172 e. The lowest BCUT2D eigenvalue weighted by Gasteiger charge is -2.52. The third kappa shape index (κ3) is 2.08. The minimum Gasteiger partial charge on any atom is -0.0820 e. The van der Waals surface area contributed by atoms with Gasteiger partial charge in [-0.05, 0) is 49.4 Å². The normalized spacial score (nSPS) is 52.9. The number of halogens is 2. The fourth-order valence-electron chi connectivity index (χ4n) is 4.59. The van der Waals surface area contributed by atoms with Gasteiger partial charge in [0.2, 0.25) is 0 Å². The van der Waals surface area contributed by atoms with E-state index in [4.69, 9.17) is 0 Å². The van der Waals surface area contributed by atoms with Gasteiger partial charge in [-0.1, -0.05) is 70.9 Å². The van der Waals surface area contributed by atoms with Crippen molar-refractivity contribution in [2.75, 3.05) is 0 Å². The number of hydrogen-bond donors (Lipinski definition) is 0. The Hall–Kier alpha value is 1.46. The first kappa shape index (κ1) is 12.5. The van der Waals surface area contributed by atoms with Crippen molar-refractivity contribution in [2.24, 2.45) is 23.7 Å². The molecule has 3 saturated carbocycles. The highest BCUT2D eigenvalue weighted by Gasteiger charge is 2.49. The molecule has 0 nitrogen and oxygen atoms in total. The van der Waals surface area contributed by atoms with Crippen molar-refractivity contribution in [3.05, 3.63) is 0 Å². The average Bonchev–Trinajstić information content (AvgIpc) is 2.36. The monoisotopic (exact) mass is 444 g/mol. The van der Waals surface area contributed by atoms with Crippen LogP contribution in [0.25, 0.3) is 0 Å². The highest BCUT2D eigenvalue weighted by molar-refractivity contribution is 14.1.